The van der Waals surface area contributed by atoms with Crippen LogP contribution in [0.4, 0.5) is 4.79 Å². The summed E-state index contributed by atoms with van der Waals surface area (Å²) in [4.78, 5) is 15.9. The second-order valence-electron chi connectivity index (χ2n) is 15.9. The maximum atomic E-state index is 14.3. The number of hydrogen-bond donors (Lipinski definition) is 1. The van der Waals surface area contributed by atoms with Crippen molar-refractivity contribution in [2.45, 2.75) is 88.5 Å². The highest BCUT2D eigenvalue weighted by atomic mass is 16.7. The lowest BCUT2D eigenvalue weighted by molar-refractivity contribution is -0.335. The summed E-state index contributed by atoms with van der Waals surface area (Å²) < 4.78 is 79.1. The van der Waals surface area contributed by atoms with Crippen molar-refractivity contribution >= 4 is 6.09 Å². The second-order valence-corrected chi connectivity index (χ2v) is 15.9. The average molecular weight is 883 g/mol. The van der Waals surface area contributed by atoms with Crippen molar-refractivity contribution < 1.29 is 51.9 Å². The van der Waals surface area contributed by atoms with E-state index in [0.717, 1.165) is 16.7 Å². The van der Waals surface area contributed by atoms with Crippen LogP contribution in [-0.4, -0.2) is 84.8 Å². The minimum Gasteiger partial charge on any atom is -0.445 e. The highest BCUT2D eigenvalue weighted by Crippen LogP contribution is 2.34. The van der Waals surface area contributed by atoms with Gasteiger partial charge in [-0.1, -0.05) is 182 Å². The van der Waals surface area contributed by atoms with E-state index in [1.165, 1.54) is 0 Å². The van der Waals surface area contributed by atoms with Gasteiger partial charge in [0.1, 0.15) is 43.2 Å². The Balaban J connectivity index is 1.15. The first-order valence-electron chi connectivity index (χ1n) is 23.6. The smallest absolute Gasteiger partial charge is 0.410 e. The van der Waals surface area contributed by atoms with E-state index in [1.54, 1.807) is 65.6 Å². The van der Waals surface area contributed by atoms with Gasteiger partial charge in [0.25, 0.3) is 0 Å². The quantitative estimate of drug-likeness (QED) is 0.0754. The van der Waals surface area contributed by atoms with Gasteiger partial charge >= 0.3 is 6.09 Å². The number of carbonyl (C=O) groups excluding carboxylic acids is 1. The van der Waals surface area contributed by atoms with Gasteiger partial charge in [-0.2, -0.15) is 0 Å². The number of aliphatic hydroxyl groups is 1. The molecule has 1 N–H and O–H groups in total. The molecule has 11 heteroatoms. The van der Waals surface area contributed by atoms with Crippen molar-refractivity contribution in [2.24, 2.45) is 0 Å². The lowest BCUT2D eigenvalue weighted by Gasteiger charge is -2.45. The Labute approximate surface area is 385 Å². The zero-order valence-electron chi connectivity index (χ0n) is 39.0. The normalized spacial score (nSPS) is 25.1. The van der Waals surface area contributed by atoms with Crippen LogP contribution in [0.25, 0.3) is 0 Å². The third-order valence-electron chi connectivity index (χ3n) is 11.2. The van der Waals surface area contributed by atoms with Crippen LogP contribution < -0.4 is 0 Å². The Morgan fingerprint density at radius 3 is 1.54 bits per heavy atom. The monoisotopic (exact) mass is 882 g/mol. The van der Waals surface area contributed by atoms with Crippen molar-refractivity contribution in [3.05, 3.63) is 215 Å². The number of amides is 1. The maximum absolute atomic E-state index is 14.3. The molecule has 65 heavy (non-hydrogen) atoms. The first kappa shape index (κ1) is 41.9. The van der Waals surface area contributed by atoms with E-state index in [-0.39, 0.29) is 39.6 Å². The molecule has 2 saturated heterocycles. The molecule has 2 aliphatic heterocycles. The number of rotatable bonds is 21. The fourth-order valence-corrected chi connectivity index (χ4v) is 7.77. The van der Waals surface area contributed by atoms with E-state index in [1.807, 2.05) is 121 Å². The van der Waals surface area contributed by atoms with Crippen LogP contribution >= 0.6 is 0 Å². The zero-order chi connectivity index (χ0) is 47.1. The molecule has 0 radical (unpaired) electrons. The summed E-state index contributed by atoms with van der Waals surface area (Å²) in [5.41, 5.74) is 4.25. The van der Waals surface area contributed by atoms with Crippen LogP contribution in [0.1, 0.15) is 37.5 Å². The molecule has 2 heterocycles. The Bertz CT molecular complexity index is 2380. The van der Waals surface area contributed by atoms with E-state index in [2.05, 4.69) is 0 Å². The Morgan fingerprint density at radius 1 is 0.538 bits per heavy atom. The van der Waals surface area contributed by atoms with Gasteiger partial charge in [-0.15, -0.1) is 0 Å². The largest absolute Gasteiger partial charge is 0.445 e. The minimum absolute atomic E-state index is 0.00990. The lowest BCUT2D eigenvalue weighted by atomic mass is 9.98. The molecule has 1 amide bonds. The number of ether oxygens (including phenoxy) is 8. The highest BCUT2D eigenvalue weighted by Gasteiger charge is 2.53. The van der Waals surface area contributed by atoms with E-state index >= 15 is 0 Å². The summed E-state index contributed by atoms with van der Waals surface area (Å²) in [5, 5.41) is 12.3. The van der Waals surface area contributed by atoms with Crippen LogP contribution in [0.5, 0.6) is 0 Å². The molecule has 0 aliphatic carbocycles. The maximum Gasteiger partial charge on any atom is 0.410 e. The van der Waals surface area contributed by atoms with Crippen LogP contribution in [0.2, 0.25) is 0 Å². The summed E-state index contributed by atoms with van der Waals surface area (Å²) >= 11 is 0. The summed E-state index contributed by atoms with van der Waals surface area (Å²) in [7, 11) is 0. The van der Waals surface area contributed by atoms with Gasteiger partial charge in [0, 0.05) is 0 Å². The molecular formula is C54H57NO10. The summed E-state index contributed by atoms with van der Waals surface area (Å²) in [6, 6.07) is 54.7. The number of likely N-dealkylation sites (tertiary alicyclic amines) is 1. The van der Waals surface area contributed by atoms with Gasteiger partial charge in [-0.3, -0.25) is 4.90 Å². The Kier molecular flexibility index (Phi) is 15.5. The average Bonchev–Trinajstić information content (AvgIpc) is 3.73. The molecule has 2 fully saturated rings. The molecule has 0 bridgehead atoms. The summed E-state index contributed by atoms with van der Waals surface area (Å²) in [5.74, 6) is 0. The summed E-state index contributed by atoms with van der Waals surface area (Å²) in [6.45, 7) is -3.57. The standard InChI is InChI=1S/C54H57NO10/c56-49-48(39-59-33-41-21-9-2-10-22-41)64-53(52(62-36-44-27-15-5-16-28-44)51(49)61-35-43-25-13-4-14-26-43)65-50-46(38-58-32-40-19-7-1-8-20-40)55(54(57)63-37-45-29-17-6-18-30-45)31-47(50)60-34-42-23-11-3-12-24-42/h1-30,46-53,56H,31-39H2/t46-,47-,48-,49-,50-,51+,52-,53?/m1/s1/i33D,35D,36D/t33?,35?,36?,46-,47-,48-,49-,50-,51+,52-,53?. The van der Waals surface area contributed by atoms with Crippen molar-refractivity contribution in [1.29, 1.82) is 0 Å². The van der Waals surface area contributed by atoms with Gasteiger partial charge in [-0.25, -0.2) is 4.79 Å². The predicted octanol–water partition coefficient (Wildman–Crippen LogP) is 8.67. The predicted molar refractivity (Wildman–Crippen MR) is 244 cm³/mol. The first-order chi connectivity index (χ1) is 33.3. The molecule has 0 saturated carbocycles. The van der Waals surface area contributed by atoms with Crippen molar-refractivity contribution in [3.63, 3.8) is 0 Å². The third-order valence-corrected chi connectivity index (χ3v) is 11.2. The van der Waals surface area contributed by atoms with Crippen molar-refractivity contribution in [1.82, 2.24) is 4.90 Å². The molecule has 0 spiro atoms. The van der Waals surface area contributed by atoms with Gasteiger partial charge in [0.15, 0.2) is 6.29 Å². The Hall–Kier alpha value is -5.73. The zero-order valence-corrected chi connectivity index (χ0v) is 36.0. The number of benzene rings is 6. The van der Waals surface area contributed by atoms with Gasteiger partial charge < -0.3 is 43.0 Å². The molecule has 338 valence electrons. The first-order valence-corrected chi connectivity index (χ1v) is 21.9. The van der Waals surface area contributed by atoms with Gasteiger partial charge in [-0.05, 0) is 33.4 Å². The second kappa shape index (κ2) is 24.0. The van der Waals surface area contributed by atoms with E-state index in [4.69, 9.17) is 40.6 Å². The third kappa shape index (κ3) is 13.2. The summed E-state index contributed by atoms with van der Waals surface area (Å²) in [6.07, 6.45) is -9.18. The van der Waals surface area contributed by atoms with E-state index < -0.39 is 74.8 Å². The highest BCUT2D eigenvalue weighted by molar-refractivity contribution is 5.69. The molecule has 6 aromatic rings. The van der Waals surface area contributed by atoms with E-state index in [0.29, 0.717) is 16.7 Å². The van der Waals surface area contributed by atoms with Crippen molar-refractivity contribution in [3.8, 4) is 0 Å². The molecule has 4 unspecified atom stereocenters. The lowest BCUT2D eigenvalue weighted by Crippen LogP contribution is -2.62. The molecule has 11 nitrogen and oxygen atoms in total. The molecular weight excluding hydrogens is 823 g/mol. The van der Waals surface area contributed by atoms with Gasteiger partial charge in [0.05, 0.1) is 62.9 Å². The molecule has 11 atom stereocenters. The van der Waals surface area contributed by atoms with Crippen molar-refractivity contribution in [2.75, 3.05) is 19.8 Å². The van der Waals surface area contributed by atoms with Crippen LogP contribution in [0.15, 0.2) is 182 Å². The number of hydrogen-bond acceptors (Lipinski definition) is 10. The fraction of sp³-hybridized carbons (Fsp3) is 0.315. The molecule has 6 aromatic carbocycles. The van der Waals surface area contributed by atoms with E-state index in [9.17, 15) is 11.3 Å². The SMILES string of the molecule is [2H]C(OC[C@H]1OC(O[C@@H]2[C@@H](COCc3ccccc3)N(C(=O)OCc3ccccc3)C[C@H]2OCc2ccccc2)[C@H](OC([2H])c2ccccc2)[C@@H](OC([2H])c2ccccc2)[C@@H]1O)c1ccccc1. The number of nitrogens with zero attached hydrogens (tertiary/aromatic N) is 1. The van der Waals surface area contributed by atoms with Crippen LogP contribution in [0, 0.1) is 0 Å². The molecule has 2 aliphatic rings. The minimum atomic E-state index is -1.49. The topological polar surface area (TPSA) is 114 Å². The van der Waals surface area contributed by atoms with Gasteiger partial charge in [0.2, 0.25) is 0 Å². The number of carbonyl (C=O) groups is 1. The number of aliphatic hydroxyl groups excluding tert-OH is 1. The Morgan fingerprint density at radius 2 is 1.00 bits per heavy atom. The van der Waals surface area contributed by atoms with Crippen LogP contribution in [0.3, 0.4) is 0 Å². The fourth-order valence-electron chi connectivity index (χ4n) is 7.77. The molecule has 0 aromatic heterocycles. The molecule has 8 rings (SSSR count). The van der Waals surface area contributed by atoms with Crippen LogP contribution in [-0.2, 0) is 77.5 Å².